The van der Waals surface area contributed by atoms with Gasteiger partial charge in [-0.2, -0.15) is 0 Å². The lowest BCUT2D eigenvalue weighted by Gasteiger charge is -2.14. The average molecular weight is 352 g/mol. The smallest absolute Gasteiger partial charge is 0.267 e. The number of amides is 1. The third-order valence-corrected chi connectivity index (χ3v) is 4.83. The number of hydrogen-bond donors (Lipinski definition) is 2. The molecule has 0 saturated heterocycles. The molecular formula is C20H17FN2O3. The van der Waals surface area contributed by atoms with Gasteiger partial charge in [-0.25, -0.2) is 4.39 Å². The molecule has 0 aliphatic carbocycles. The first-order chi connectivity index (χ1) is 12.5. The number of para-hydroxylation sites is 1. The second-order valence-electron chi connectivity index (χ2n) is 6.57. The number of rotatable bonds is 3. The number of hydrogen-bond acceptors (Lipinski definition) is 3. The topological polar surface area (TPSA) is 71.3 Å². The van der Waals surface area contributed by atoms with Gasteiger partial charge < -0.3 is 15.0 Å². The highest BCUT2D eigenvalue weighted by Crippen LogP contribution is 2.35. The molecule has 0 bridgehead atoms. The van der Waals surface area contributed by atoms with Crippen molar-refractivity contribution < 1.29 is 14.3 Å². The molecule has 1 amide bonds. The van der Waals surface area contributed by atoms with E-state index in [9.17, 15) is 19.1 Å². The summed E-state index contributed by atoms with van der Waals surface area (Å²) in [7, 11) is 0. The summed E-state index contributed by atoms with van der Waals surface area (Å²) in [6.07, 6.45) is 0.687. The standard InChI is InChI=1S/C20H17FN2O3/c1-11-9-13-3-2-4-15-17(13)23(11)20(26)16(18(15)24)19(25)22-10-12-5-7-14(21)8-6-12/h2-8,11,24H,9-10H2,1H3,(H,22,25)/t11-/m1/s1. The zero-order chi connectivity index (χ0) is 18.4. The van der Waals surface area contributed by atoms with Crippen molar-refractivity contribution in [1.82, 2.24) is 9.88 Å². The molecule has 5 nitrogen and oxygen atoms in total. The third-order valence-electron chi connectivity index (χ3n) is 4.83. The molecule has 1 aromatic heterocycles. The molecule has 1 aliphatic heterocycles. The van der Waals surface area contributed by atoms with Gasteiger partial charge in [-0.3, -0.25) is 9.59 Å². The maximum atomic E-state index is 13.0. The molecule has 0 fully saturated rings. The molecule has 132 valence electrons. The maximum absolute atomic E-state index is 13.0. The van der Waals surface area contributed by atoms with Gasteiger partial charge in [-0.1, -0.05) is 24.3 Å². The number of halogens is 1. The molecule has 0 unspecified atom stereocenters. The van der Waals surface area contributed by atoms with Crippen molar-refractivity contribution in [3.8, 4) is 5.75 Å². The van der Waals surface area contributed by atoms with Crippen LogP contribution in [0.1, 0.15) is 34.5 Å². The number of aromatic nitrogens is 1. The van der Waals surface area contributed by atoms with E-state index in [1.165, 1.54) is 12.1 Å². The Balaban J connectivity index is 1.74. The van der Waals surface area contributed by atoms with Gasteiger partial charge in [0.25, 0.3) is 11.5 Å². The zero-order valence-electron chi connectivity index (χ0n) is 14.1. The van der Waals surface area contributed by atoms with E-state index in [1.54, 1.807) is 22.8 Å². The van der Waals surface area contributed by atoms with Crippen LogP contribution in [-0.4, -0.2) is 15.6 Å². The van der Waals surface area contributed by atoms with Crippen LogP contribution in [0.4, 0.5) is 4.39 Å². The fraction of sp³-hybridized carbons (Fsp3) is 0.200. The highest BCUT2D eigenvalue weighted by Gasteiger charge is 2.29. The summed E-state index contributed by atoms with van der Waals surface area (Å²) in [5.41, 5.74) is 1.62. The van der Waals surface area contributed by atoms with Crippen LogP contribution in [0.15, 0.2) is 47.3 Å². The molecule has 2 N–H and O–H groups in total. The van der Waals surface area contributed by atoms with Crippen LogP contribution in [0, 0.1) is 5.82 Å². The van der Waals surface area contributed by atoms with E-state index in [2.05, 4.69) is 5.32 Å². The van der Waals surface area contributed by atoms with Crippen molar-refractivity contribution in [2.75, 3.05) is 0 Å². The Hall–Kier alpha value is -3.15. The van der Waals surface area contributed by atoms with Crippen LogP contribution < -0.4 is 10.9 Å². The van der Waals surface area contributed by atoms with E-state index in [0.29, 0.717) is 22.9 Å². The molecule has 4 rings (SSSR count). The Labute approximate surface area is 148 Å². The highest BCUT2D eigenvalue weighted by atomic mass is 19.1. The van der Waals surface area contributed by atoms with E-state index < -0.39 is 11.5 Å². The third kappa shape index (κ3) is 2.45. The minimum atomic E-state index is -0.646. The highest BCUT2D eigenvalue weighted by molar-refractivity contribution is 6.03. The van der Waals surface area contributed by atoms with Crippen LogP contribution in [0.2, 0.25) is 0 Å². The molecule has 0 spiro atoms. The lowest BCUT2D eigenvalue weighted by Crippen LogP contribution is -2.33. The summed E-state index contributed by atoms with van der Waals surface area (Å²) in [6, 6.07) is 11.1. The first-order valence-electron chi connectivity index (χ1n) is 8.39. The fourth-order valence-electron chi connectivity index (χ4n) is 3.60. The van der Waals surface area contributed by atoms with Crippen LogP contribution in [-0.2, 0) is 13.0 Å². The first-order valence-corrected chi connectivity index (χ1v) is 8.39. The molecule has 2 aromatic carbocycles. The van der Waals surface area contributed by atoms with Crippen molar-refractivity contribution in [2.24, 2.45) is 0 Å². The van der Waals surface area contributed by atoms with Crippen molar-refractivity contribution in [3.05, 3.63) is 75.3 Å². The normalized spacial score (nSPS) is 15.4. The van der Waals surface area contributed by atoms with Gasteiger partial charge in [0, 0.05) is 18.0 Å². The van der Waals surface area contributed by atoms with E-state index >= 15 is 0 Å². The van der Waals surface area contributed by atoms with E-state index in [4.69, 9.17) is 0 Å². The Kier molecular flexibility index (Phi) is 3.76. The second-order valence-corrected chi connectivity index (χ2v) is 6.57. The molecule has 1 atom stereocenters. The van der Waals surface area contributed by atoms with Gasteiger partial charge in [0.15, 0.2) is 0 Å². The molecule has 1 aliphatic rings. The summed E-state index contributed by atoms with van der Waals surface area (Å²) in [6.45, 7) is 2.05. The predicted molar refractivity (Wildman–Crippen MR) is 95.9 cm³/mol. The summed E-state index contributed by atoms with van der Waals surface area (Å²) < 4.78 is 14.5. The Morgan fingerprint density at radius 1 is 1.27 bits per heavy atom. The van der Waals surface area contributed by atoms with Crippen LogP contribution in [0.25, 0.3) is 10.9 Å². The lowest BCUT2D eigenvalue weighted by molar-refractivity contribution is 0.0946. The molecule has 0 radical (unpaired) electrons. The number of nitrogens with one attached hydrogen (secondary N) is 1. The number of carbonyl (C=O) groups is 1. The number of benzene rings is 2. The molecule has 0 saturated carbocycles. The molecular weight excluding hydrogens is 335 g/mol. The maximum Gasteiger partial charge on any atom is 0.267 e. The fourth-order valence-corrected chi connectivity index (χ4v) is 3.60. The van der Waals surface area contributed by atoms with E-state index in [0.717, 1.165) is 5.56 Å². The van der Waals surface area contributed by atoms with Crippen LogP contribution in [0.5, 0.6) is 5.75 Å². The molecule has 26 heavy (non-hydrogen) atoms. The van der Waals surface area contributed by atoms with E-state index in [-0.39, 0.29) is 29.7 Å². The summed E-state index contributed by atoms with van der Waals surface area (Å²) in [5, 5.41) is 13.7. The molecule has 6 heteroatoms. The van der Waals surface area contributed by atoms with E-state index in [1.807, 2.05) is 19.1 Å². The SMILES string of the molecule is C[C@@H]1Cc2cccc3c(O)c(C(=O)NCc4ccc(F)cc4)c(=O)n1c23. The van der Waals surface area contributed by atoms with Gasteiger partial charge in [0.05, 0.1) is 5.52 Å². The second kappa shape index (κ2) is 5.98. The number of carbonyl (C=O) groups excluding carboxylic acids is 1. The molecule has 3 aromatic rings. The van der Waals surface area contributed by atoms with Crippen LogP contribution >= 0.6 is 0 Å². The number of nitrogens with zero attached hydrogens (tertiary/aromatic N) is 1. The predicted octanol–water partition coefficient (Wildman–Crippen LogP) is 2.89. The Bertz CT molecular complexity index is 1090. The number of pyridine rings is 1. The monoisotopic (exact) mass is 352 g/mol. The Morgan fingerprint density at radius 2 is 2.00 bits per heavy atom. The largest absolute Gasteiger partial charge is 0.506 e. The van der Waals surface area contributed by atoms with Crippen molar-refractivity contribution in [1.29, 1.82) is 0 Å². The van der Waals surface area contributed by atoms with Crippen molar-refractivity contribution in [3.63, 3.8) is 0 Å². The zero-order valence-corrected chi connectivity index (χ0v) is 14.1. The molecule has 2 heterocycles. The van der Waals surface area contributed by atoms with Gasteiger partial charge in [-0.15, -0.1) is 0 Å². The van der Waals surface area contributed by atoms with Gasteiger partial charge in [0.2, 0.25) is 0 Å². The quantitative estimate of drug-likeness (QED) is 0.761. The summed E-state index contributed by atoms with van der Waals surface area (Å²) in [4.78, 5) is 25.5. The summed E-state index contributed by atoms with van der Waals surface area (Å²) >= 11 is 0. The minimum absolute atomic E-state index is 0.0772. The van der Waals surface area contributed by atoms with Gasteiger partial charge in [0.1, 0.15) is 17.1 Å². The van der Waals surface area contributed by atoms with Crippen LogP contribution in [0.3, 0.4) is 0 Å². The lowest BCUT2D eigenvalue weighted by atomic mass is 10.1. The summed E-state index contributed by atoms with van der Waals surface area (Å²) in [5.74, 6) is -1.31. The minimum Gasteiger partial charge on any atom is -0.506 e. The van der Waals surface area contributed by atoms with Crippen molar-refractivity contribution in [2.45, 2.75) is 25.9 Å². The van der Waals surface area contributed by atoms with Gasteiger partial charge >= 0.3 is 0 Å². The number of aromatic hydroxyl groups is 1. The Morgan fingerprint density at radius 3 is 2.73 bits per heavy atom. The van der Waals surface area contributed by atoms with Crippen molar-refractivity contribution >= 4 is 16.8 Å². The average Bonchev–Trinajstić information content (AvgIpc) is 2.96. The first kappa shape index (κ1) is 16.3. The van der Waals surface area contributed by atoms with Gasteiger partial charge in [-0.05, 0) is 42.7 Å².